The molecule has 10 rings (SSSR count). The second-order valence-corrected chi connectivity index (χ2v) is 14.6. The Labute approximate surface area is 299 Å². The predicted octanol–water partition coefficient (Wildman–Crippen LogP) is 11.0. The molecule has 0 N–H and O–H groups in total. The van der Waals surface area contributed by atoms with E-state index in [0.29, 0.717) is 29.3 Å². The Kier molecular flexibility index (Phi) is 7.06. The topological polar surface area (TPSA) is 51.6 Å². The molecule has 2 heterocycles. The number of benzene rings is 5. The summed E-state index contributed by atoms with van der Waals surface area (Å²) in [5.74, 6) is 3.54. The highest BCUT2D eigenvalue weighted by Gasteiger charge is 2.50. The molecule has 4 heteroatoms. The van der Waals surface area contributed by atoms with Crippen LogP contribution in [0.3, 0.4) is 0 Å². The molecule has 0 amide bonds. The molecule has 7 aromatic rings. The lowest BCUT2D eigenvalue weighted by Gasteiger charge is -2.39. The lowest BCUT2D eigenvalue weighted by molar-refractivity contribution is 0.448. The van der Waals surface area contributed by atoms with E-state index in [4.69, 9.17) is 15.0 Å². The number of hydrogen-bond donors (Lipinski definition) is 0. The fraction of sp³-hybridized carbons (Fsp3) is 0.191. The number of aromatic nitrogens is 4. The molecule has 1 fully saturated rings. The van der Waals surface area contributed by atoms with E-state index >= 15 is 0 Å². The van der Waals surface area contributed by atoms with Gasteiger partial charge in [0.1, 0.15) is 5.69 Å². The average molecular weight is 659 g/mol. The van der Waals surface area contributed by atoms with Gasteiger partial charge in [-0.2, -0.15) is 0 Å². The first-order valence-corrected chi connectivity index (χ1v) is 18.3. The van der Waals surface area contributed by atoms with E-state index in [0.717, 1.165) is 22.7 Å². The number of pyridine rings is 1. The predicted molar refractivity (Wildman–Crippen MR) is 204 cm³/mol. The van der Waals surface area contributed by atoms with Gasteiger partial charge in [0.05, 0.1) is 5.41 Å². The summed E-state index contributed by atoms with van der Waals surface area (Å²) >= 11 is 0. The number of rotatable bonds is 3. The van der Waals surface area contributed by atoms with Crippen LogP contribution < -0.4 is 0 Å². The van der Waals surface area contributed by atoms with E-state index < -0.39 is 5.41 Å². The average Bonchev–Trinajstić information content (AvgIpc) is 3.78. The molecule has 2 bridgehead atoms. The van der Waals surface area contributed by atoms with Crippen LogP contribution in [0.15, 0.2) is 146 Å². The van der Waals surface area contributed by atoms with Gasteiger partial charge in [-0.1, -0.05) is 128 Å². The molecule has 0 saturated heterocycles. The van der Waals surface area contributed by atoms with E-state index in [2.05, 4.69) is 115 Å². The van der Waals surface area contributed by atoms with Gasteiger partial charge in [-0.25, -0.2) is 15.0 Å². The first-order valence-electron chi connectivity index (χ1n) is 18.3. The zero-order valence-electron chi connectivity index (χ0n) is 28.7. The summed E-state index contributed by atoms with van der Waals surface area (Å²) in [6, 6.07) is 50.7. The summed E-state index contributed by atoms with van der Waals surface area (Å²) in [7, 11) is 0. The van der Waals surface area contributed by atoms with Gasteiger partial charge in [0.2, 0.25) is 0 Å². The van der Waals surface area contributed by atoms with Gasteiger partial charge < -0.3 is 0 Å². The maximum atomic E-state index is 5.18. The van der Waals surface area contributed by atoms with Crippen molar-refractivity contribution in [2.75, 3.05) is 0 Å². The molecule has 246 valence electrons. The minimum atomic E-state index is -0.502. The summed E-state index contributed by atoms with van der Waals surface area (Å²) in [6.07, 6.45) is 6.74. The largest absolute Gasteiger partial charge is 0.253 e. The Morgan fingerprint density at radius 2 is 1.16 bits per heavy atom. The third-order valence-corrected chi connectivity index (χ3v) is 11.8. The van der Waals surface area contributed by atoms with Crippen molar-refractivity contribution in [3.63, 3.8) is 0 Å². The molecular weight excluding hydrogens is 621 g/mol. The molecule has 4 nitrogen and oxygen atoms in total. The zero-order valence-corrected chi connectivity index (χ0v) is 28.7. The molecule has 0 radical (unpaired) electrons. The first kappa shape index (κ1) is 30.1. The van der Waals surface area contributed by atoms with Crippen LogP contribution in [0.4, 0.5) is 0 Å². The molecule has 5 aromatic carbocycles. The summed E-state index contributed by atoms with van der Waals surface area (Å²) < 4.78 is 0. The fourth-order valence-electron chi connectivity index (χ4n) is 9.63. The maximum absolute atomic E-state index is 5.18. The van der Waals surface area contributed by atoms with Crippen molar-refractivity contribution in [3.05, 3.63) is 179 Å². The van der Waals surface area contributed by atoms with E-state index in [1.165, 1.54) is 70.2 Å². The lowest BCUT2D eigenvalue weighted by Crippen LogP contribution is -2.32. The summed E-state index contributed by atoms with van der Waals surface area (Å²) in [5, 5.41) is 0. The molecule has 3 atom stereocenters. The van der Waals surface area contributed by atoms with Crippen molar-refractivity contribution >= 4 is 0 Å². The van der Waals surface area contributed by atoms with Crippen molar-refractivity contribution < 1.29 is 0 Å². The quantitative estimate of drug-likeness (QED) is 0.190. The number of hydrogen-bond acceptors (Lipinski definition) is 4. The van der Waals surface area contributed by atoms with Gasteiger partial charge in [0.15, 0.2) is 17.5 Å². The third kappa shape index (κ3) is 4.73. The Balaban J connectivity index is 1.30. The van der Waals surface area contributed by atoms with Gasteiger partial charge in [0, 0.05) is 17.3 Å². The standard InChI is InChI=1S/C47H38N4/c1-30-27-31-22-23-33(28-31)36-25-24-34(45-49-44(32-13-3-2-4-14-32)50-46(51-45)43-21-11-12-26-48-43)29-42(36)47(39-18-8-5-15-35(30)39)40-19-9-6-16-37(40)38-17-7-10-20-41(38)47/h2-21,24-26,29-31,33H,22-23,27-28H2,1H3/t30-,31?,33+/m1/s1. The lowest BCUT2D eigenvalue weighted by atomic mass is 9.62. The Morgan fingerprint density at radius 3 is 1.90 bits per heavy atom. The Morgan fingerprint density at radius 1 is 0.510 bits per heavy atom. The summed E-state index contributed by atoms with van der Waals surface area (Å²) in [4.78, 5) is 19.9. The molecule has 3 aliphatic rings. The van der Waals surface area contributed by atoms with Crippen LogP contribution in [0, 0.1) is 5.92 Å². The molecular formula is C47H38N4. The van der Waals surface area contributed by atoms with Crippen molar-refractivity contribution in [2.24, 2.45) is 5.92 Å². The normalized spacial score (nSPS) is 19.5. The molecule has 1 unspecified atom stereocenters. The molecule has 51 heavy (non-hydrogen) atoms. The van der Waals surface area contributed by atoms with Crippen molar-refractivity contribution in [1.29, 1.82) is 0 Å². The summed E-state index contributed by atoms with van der Waals surface area (Å²) in [5.41, 5.74) is 13.2. The minimum Gasteiger partial charge on any atom is -0.253 e. The third-order valence-electron chi connectivity index (χ3n) is 11.8. The van der Waals surface area contributed by atoms with Gasteiger partial charge in [-0.15, -0.1) is 0 Å². The van der Waals surface area contributed by atoms with Crippen molar-refractivity contribution in [2.45, 2.75) is 49.9 Å². The van der Waals surface area contributed by atoms with E-state index in [1.54, 1.807) is 6.20 Å². The molecule has 3 aliphatic carbocycles. The highest BCUT2D eigenvalue weighted by atomic mass is 15.0. The molecule has 0 aliphatic heterocycles. The second-order valence-electron chi connectivity index (χ2n) is 14.6. The first-order chi connectivity index (χ1) is 25.2. The highest BCUT2D eigenvalue weighted by Crippen LogP contribution is 2.60. The molecule has 2 aromatic heterocycles. The van der Waals surface area contributed by atoms with Crippen molar-refractivity contribution in [3.8, 4) is 45.4 Å². The zero-order chi connectivity index (χ0) is 33.9. The number of fused-ring (bicyclic) bond motifs is 12. The van der Waals surface area contributed by atoms with Crippen LogP contribution in [0.25, 0.3) is 45.4 Å². The van der Waals surface area contributed by atoms with Crippen molar-refractivity contribution in [1.82, 2.24) is 19.9 Å². The van der Waals surface area contributed by atoms with Crippen LogP contribution in [0.1, 0.15) is 77.8 Å². The van der Waals surface area contributed by atoms with E-state index in [9.17, 15) is 0 Å². The molecule has 1 spiro atoms. The summed E-state index contributed by atoms with van der Waals surface area (Å²) in [6.45, 7) is 2.46. The monoisotopic (exact) mass is 658 g/mol. The van der Waals surface area contributed by atoms with Crippen LogP contribution in [0.5, 0.6) is 0 Å². The SMILES string of the molecule is C[C@@H]1CC2CC[C@@H](C2)c2ccc(-c3nc(-c4ccccc4)nc(-c4ccccn4)n3)cc2C2(c3ccccc3-c3ccccc32)c2ccccc21. The smallest absolute Gasteiger partial charge is 0.182 e. The van der Waals surface area contributed by atoms with Gasteiger partial charge in [-0.3, -0.25) is 4.98 Å². The number of nitrogens with zero attached hydrogens (tertiary/aromatic N) is 4. The van der Waals surface area contributed by atoms with Gasteiger partial charge in [0.25, 0.3) is 0 Å². The van der Waals surface area contributed by atoms with Crippen LogP contribution in [-0.4, -0.2) is 19.9 Å². The fourth-order valence-corrected chi connectivity index (χ4v) is 9.63. The van der Waals surface area contributed by atoms with Crippen LogP contribution >= 0.6 is 0 Å². The minimum absolute atomic E-state index is 0.448. The Hall–Kier alpha value is -5.74. The van der Waals surface area contributed by atoms with Crippen LogP contribution in [0.2, 0.25) is 0 Å². The van der Waals surface area contributed by atoms with Crippen LogP contribution in [-0.2, 0) is 5.41 Å². The highest BCUT2D eigenvalue weighted by molar-refractivity contribution is 5.87. The maximum Gasteiger partial charge on any atom is 0.182 e. The van der Waals surface area contributed by atoms with Gasteiger partial charge in [-0.05, 0) is 106 Å². The molecule has 1 saturated carbocycles. The van der Waals surface area contributed by atoms with E-state index in [1.807, 2.05) is 36.4 Å². The van der Waals surface area contributed by atoms with Gasteiger partial charge >= 0.3 is 0 Å². The Bertz CT molecular complexity index is 2310. The second kappa shape index (κ2) is 11.9. The van der Waals surface area contributed by atoms with E-state index in [-0.39, 0.29) is 0 Å².